The van der Waals surface area contributed by atoms with E-state index in [0.29, 0.717) is 11.4 Å². The quantitative estimate of drug-likeness (QED) is 0.483. The Hall–Kier alpha value is -2.35. The van der Waals surface area contributed by atoms with Crippen molar-refractivity contribution in [2.24, 2.45) is 5.10 Å². The van der Waals surface area contributed by atoms with E-state index < -0.39 is 5.97 Å². The highest BCUT2D eigenvalue weighted by Crippen LogP contribution is 2.25. The second-order valence-corrected chi connectivity index (χ2v) is 2.57. The van der Waals surface area contributed by atoms with Gasteiger partial charge in [-0.15, -0.1) is 0 Å². The third kappa shape index (κ3) is 1.29. The summed E-state index contributed by atoms with van der Waals surface area (Å²) in [5.74, 6) is -0.378. The van der Waals surface area contributed by atoms with Crippen molar-refractivity contribution < 1.29 is 9.53 Å². The number of nitriles is 1. The summed E-state index contributed by atoms with van der Waals surface area (Å²) in [5.41, 5.74) is 2.85. The standard InChI is InChI=1S/C9H5N3O2/c10-5-7-9(13)14-8-4-2-1-3-6(8)11-12-7/h1-4,11H. The molecule has 0 saturated heterocycles. The number of fused-ring (bicyclic) bond motifs is 1. The summed E-state index contributed by atoms with van der Waals surface area (Å²) in [5, 5.41) is 12.1. The number of anilines is 1. The van der Waals surface area contributed by atoms with Crippen molar-refractivity contribution >= 4 is 17.4 Å². The molecule has 14 heavy (non-hydrogen) atoms. The summed E-state index contributed by atoms with van der Waals surface area (Å²) in [6, 6.07) is 8.46. The van der Waals surface area contributed by atoms with Crippen molar-refractivity contribution in [3.63, 3.8) is 0 Å². The molecule has 0 spiro atoms. The first-order valence-electron chi connectivity index (χ1n) is 3.86. The SMILES string of the molecule is N#CC1=NNc2ccccc2OC1=O. The van der Waals surface area contributed by atoms with Crippen molar-refractivity contribution in [1.29, 1.82) is 5.26 Å². The maximum atomic E-state index is 11.2. The van der Waals surface area contributed by atoms with Gasteiger partial charge in [-0.1, -0.05) is 12.1 Å². The van der Waals surface area contributed by atoms with Gasteiger partial charge in [0, 0.05) is 0 Å². The fourth-order valence-electron chi connectivity index (χ4n) is 1.03. The van der Waals surface area contributed by atoms with Crippen molar-refractivity contribution in [1.82, 2.24) is 0 Å². The fraction of sp³-hybridized carbons (Fsp3) is 0. The molecule has 0 saturated carbocycles. The molecule has 0 bridgehead atoms. The summed E-state index contributed by atoms with van der Waals surface area (Å²) >= 11 is 0. The van der Waals surface area contributed by atoms with Crippen LogP contribution in [0.2, 0.25) is 0 Å². The Labute approximate surface area is 79.6 Å². The summed E-state index contributed by atoms with van der Waals surface area (Å²) in [7, 11) is 0. The van der Waals surface area contributed by atoms with E-state index >= 15 is 0 Å². The molecular formula is C9H5N3O2. The zero-order valence-electron chi connectivity index (χ0n) is 7.02. The van der Waals surface area contributed by atoms with Crippen LogP contribution in [0, 0.1) is 11.3 Å². The van der Waals surface area contributed by atoms with Crippen LogP contribution in [0.1, 0.15) is 0 Å². The molecule has 0 radical (unpaired) electrons. The maximum Gasteiger partial charge on any atom is 0.375 e. The Balaban J connectivity index is 2.44. The minimum atomic E-state index is -0.745. The van der Waals surface area contributed by atoms with Gasteiger partial charge < -0.3 is 4.74 Å². The fourth-order valence-corrected chi connectivity index (χ4v) is 1.03. The molecule has 0 aromatic heterocycles. The van der Waals surface area contributed by atoms with Crippen LogP contribution in [0.4, 0.5) is 5.69 Å². The van der Waals surface area contributed by atoms with Gasteiger partial charge in [0.1, 0.15) is 6.07 Å². The second-order valence-electron chi connectivity index (χ2n) is 2.57. The van der Waals surface area contributed by atoms with E-state index in [-0.39, 0.29) is 5.71 Å². The van der Waals surface area contributed by atoms with Crippen LogP contribution in [-0.4, -0.2) is 11.7 Å². The number of nitrogens with zero attached hydrogens (tertiary/aromatic N) is 2. The molecule has 0 aliphatic carbocycles. The Morgan fingerprint density at radius 2 is 2.21 bits per heavy atom. The predicted octanol–water partition coefficient (Wildman–Crippen LogP) is 0.897. The summed E-state index contributed by atoms with van der Waals surface area (Å²) < 4.78 is 4.91. The maximum absolute atomic E-state index is 11.2. The second kappa shape index (κ2) is 3.18. The van der Waals surface area contributed by atoms with Crippen LogP contribution in [0.25, 0.3) is 0 Å². The number of hydrogen-bond donors (Lipinski definition) is 1. The number of nitrogens with one attached hydrogen (secondary N) is 1. The number of carbonyl (C=O) groups excluding carboxylic acids is 1. The molecular weight excluding hydrogens is 182 g/mol. The third-order valence-electron chi connectivity index (χ3n) is 1.68. The van der Waals surface area contributed by atoms with Gasteiger partial charge in [-0.25, -0.2) is 4.79 Å². The lowest BCUT2D eigenvalue weighted by atomic mass is 10.3. The van der Waals surface area contributed by atoms with Crippen molar-refractivity contribution in [3.05, 3.63) is 24.3 Å². The Bertz CT molecular complexity index is 459. The zero-order valence-corrected chi connectivity index (χ0v) is 7.02. The van der Waals surface area contributed by atoms with Crippen molar-refractivity contribution in [2.75, 3.05) is 5.43 Å². The molecule has 0 atom stereocenters. The number of para-hydroxylation sites is 2. The van der Waals surface area contributed by atoms with Crippen LogP contribution in [0.15, 0.2) is 29.4 Å². The summed E-state index contributed by atoms with van der Waals surface area (Å²) in [6.45, 7) is 0. The highest BCUT2D eigenvalue weighted by molar-refractivity contribution is 6.43. The van der Waals surface area contributed by atoms with E-state index in [1.54, 1.807) is 30.3 Å². The van der Waals surface area contributed by atoms with Crippen LogP contribution < -0.4 is 10.2 Å². The number of carbonyl (C=O) groups is 1. The predicted molar refractivity (Wildman–Crippen MR) is 48.7 cm³/mol. The van der Waals surface area contributed by atoms with E-state index in [0.717, 1.165) is 0 Å². The van der Waals surface area contributed by atoms with Crippen molar-refractivity contribution in [3.8, 4) is 11.8 Å². The molecule has 1 N–H and O–H groups in total. The van der Waals surface area contributed by atoms with E-state index in [4.69, 9.17) is 10.00 Å². The lowest BCUT2D eigenvalue weighted by Gasteiger charge is -2.02. The van der Waals surface area contributed by atoms with Gasteiger partial charge in [0.25, 0.3) is 0 Å². The first-order chi connectivity index (χ1) is 6.81. The third-order valence-corrected chi connectivity index (χ3v) is 1.68. The number of hydrazone groups is 1. The van der Waals surface area contributed by atoms with E-state index in [9.17, 15) is 4.79 Å². The molecule has 5 nitrogen and oxygen atoms in total. The highest BCUT2D eigenvalue weighted by atomic mass is 16.5. The number of esters is 1. The molecule has 68 valence electrons. The number of benzene rings is 1. The Kier molecular flexibility index (Phi) is 1.88. The first kappa shape index (κ1) is 8.26. The highest BCUT2D eigenvalue weighted by Gasteiger charge is 2.19. The zero-order chi connectivity index (χ0) is 9.97. The van der Waals surface area contributed by atoms with Gasteiger partial charge in [-0.05, 0) is 12.1 Å². The molecule has 1 aliphatic heterocycles. The molecule has 5 heteroatoms. The molecule has 0 unspecified atom stereocenters. The molecule has 1 aliphatic rings. The van der Waals surface area contributed by atoms with Crippen LogP contribution in [-0.2, 0) is 4.79 Å². The van der Waals surface area contributed by atoms with Gasteiger partial charge in [-0.3, -0.25) is 5.43 Å². The van der Waals surface area contributed by atoms with Crippen molar-refractivity contribution in [2.45, 2.75) is 0 Å². The number of rotatable bonds is 0. The minimum Gasteiger partial charge on any atom is -0.419 e. The average molecular weight is 187 g/mol. The number of ether oxygens (including phenoxy) is 1. The molecule has 0 amide bonds. The monoisotopic (exact) mass is 187 g/mol. The van der Waals surface area contributed by atoms with Gasteiger partial charge in [-0.2, -0.15) is 10.4 Å². The van der Waals surface area contributed by atoms with Gasteiger partial charge in [0.05, 0.1) is 5.69 Å². The number of hydrogen-bond acceptors (Lipinski definition) is 5. The van der Waals surface area contributed by atoms with Gasteiger partial charge in [0.2, 0.25) is 5.71 Å². The molecule has 0 fully saturated rings. The lowest BCUT2D eigenvalue weighted by Crippen LogP contribution is -2.17. The van der Waals surface area contributed by atoms with E-state index in [2.05, 4.69) is 10.5 Å². The average Bonchev–Trinajstić information content (AvgIpc) is 2.36. The van der Waals surface area contributed by atoms with E-state index in [1.165, 1.54) is 0 Å². The lowest BCUT2D eigenvalue weighted by molar-refractivity contribution is -0.126. The Morgan fingerprint density at radius 1 is 1.43 bits per heavy atom. The molecule has 1 aromatic carbocycles. The Morgan fingerprint density at radius 3 is 3.00 bits per heavy atom. The normalized spacial score (nSPS) is 13.9. The summed E-state index contributed by atoms with van der Waals surface area (Å²) in [4.78, 5) is 11.2. The molecule has 1 heterocycles. The molecule has 1 aromatic rings. The minimum absolute atomic E-state index is 0.291. The van der Waals surface area contributed by atoms with Gasteiger partial charge >= 0.3 is 5.97 Å². The first-order valence-corrected chi connectivity index (χ1v) is 3.86. The largest absolute Gasteiger partial charge is 0.419 e. The van der Waals surface area contributed by atoms with Crippen LogP contribution >= 0.6 is 0 Å². The van der Waals surface area contributed by atoms with Crippen LogP contribution in [0.3, 0.4) is 0 Å². The van der Waals surface area contributed by atoms with Gasteiger partial charge in [0.15, 0.2) is 5.75 Å². The summed E-state index contributed by atoms with van der Waals surface area (Å²) in [6.07, 6.45) is 0. The smallest absolute Gasteiger partial charge is 0.375 e. The topological polar surface area (TPSA) is 74.5 Å². The molecule has 2 rings (SSSR count). The van der Waals surface area contributed by atoms with E-state index in [1.807, 2.05) is 0 Å². The van der Waals surface area contributed by atoms with Crippen LogP contribution in [0.5, 0.6) is 5.75 Å².